The highest BCUT2D eigenvalue weighted by atomic mass is 16.2. The number of carbonyl (C=O) groups excluding carboxylic acids is 1. The summed E-state index contributed by atoms with van der Waals surface area (Å²) in [5.41, 5.74) is 4.41. The minimum absolute atomic E-state index is 0.0117. The molecule has 0 unspecified atom stereocenters. The van der Waals surface area contributed by atoms with Crippen molar-refractivity contribution >= 4 is 22.5 Å². The van der Waals surface area contributed by atoms with Gasteiger partial charge in [0.2, 0.25) is 0 Å². The highest BCUT2D eigenvalue weighted by Crippen LogP contribution is 2.18. The third-order valence-electron chi connectivity index (χ3n) is 4.86. The van der Waals surface area contributed by atoms with Crippen LogP contribution in [0.3, 0.4) is 0 Å². The van der Waals surface area contributed by atoms with Gasteiger partial charge < -0.3 is 10.3 Å². The Morgan fingerprint density at radius 3 is 2.70 bits per heavy atom. The van der Waals surface area contributed by atoms with Gasteiger partial charge in [0.05, 0.1) is 17.1 Å². The van der Waals surface area contributed by atoms with E-state index in [-0.39, 0.29) is 17.3 Å². The first-order valence-corrected chi connectivity index (χ1v) is 8.70. The molecule has 0 bridgehead atoms. The minimum atomic E-state index is -0.434. The van der Waals surface area contributed by atoms with E-state index in [9.17, 15) is 9.59 Å². The van der Waals surface area contributed by atoms with E-state index >= 15 is 0 Å². The Labute approximate surface area is 155 Å². The van der Waals surface area contributed by atoms with Gasteiger partial charge in [-0.15, -0.1) is 5.10 Å². The molecular formula is C20H19N5O2. The molecule has 2 aromatic heterocycles. The van der Waals surface area contributed by atoms with E-state index in [0.29, 0.717) is 11.0 Å². The zero-order chi connectivity index (χ0) is 19.1. The van der Waals surface area contributed by atoms with Crippen LogP contribution in [0.1, 0.15) is 40.1 Å². The summed E-state index contributed by atoms with van der Waals surface area (Å²) in [5, 5.41) is 10.9. The van der Waals surface area contributed by atoms with Crippen LogP contribution >= 0.6 is 0 Å². The van der Waals surface area contributed by atoms with Crippen LogP contribution in [0.4, 0.5) is 0 Å². The standard InChI is InChI=1S/C20H19N5O2/c1-11-8-9-14(10-12(11)2)13(3)21-19(26)17-18-20(27)22-15-6-4-5-7-16(15)25(18)24-23-17/h4-10,13H,1-3H3,(H,21,26)(H,22,27)/t13-/m0/s1. The number of H-pyrrole nitrogens is 1. The molecular weight excluding hydrogens is 342 g/mol. The maximum Gasteiger partial charge on any atom is 0.277 e. The van der Waals surface area contributed by atoms with Crippen LogP contribution in [0.25, 0.3) is 16.6 Å². The SMILES string of the molecule is Cc1ccc([C@H](C)NC(=O)c2nnn3c2c(=O)[nH]c2ccccc23)cc1C. The summed E-state index contributed by atoms with van der Waals surface area (Å²) in [5.74, 6) is -0.434. The molecule has 2 aromatic carbocycles. The number of para-hydroxylation sites is 2. The predicted octanol–water partition coefficient (Wildman–Crippen LogP) is 2.68. The van der Waals surface area contributed by atoms with Crippen LogP contribution in [0, 0.1) is 13.8 Å². The van der Waals surface area contributed by atoms with Crippen molar-refractivity contribution in [1.29, 1.82) is 0 Å². The van der Waals surface area contributed by atoms with Gasteiger partial charge in [0.15, 0.2) is 11.2 Å². The normalized spacial score (nSPS) is 12.4. The van der Waals surface area contributed by atoms with Crippen molar-refractivity contribution in [3.8, 4) is 0 Å². The zero-order valence-corrected chi connectivity index (χ0v) is 15.3. The Morgan fingerprint density at radius 1 is 1.15 bits per heavy atom. The first-order chi connectivity index (χ1) is 13.0. The zero-order valence-electron chi connectivity index (χ0n) is 15.3. The number of hydrogen-bond donors (Lipinski definition) is 2. The number of nitrogens with one attached hydrogen (secondary N) is 2. The molecule has 7 nitrogen and oxygen atoms in total. The van der Waals surface area contributed by atoms with E-state index in [0.717, 1.165) is 11.1 Å². The van der Waals surface area contributed by atoms with Crippen molar-refractivity contribution < 1.29 is 4.79 Å². The lowest BCUT2D eigenvalue weighted by atomic mass is 10.0. The number of benzene rings is 2. The average Bonchev–Trinajstić information content (AvgIpc) is 3.10. The maximum atomic E-state index is 12.8. The molecule has 0 saturated heterocycles. The largest absolute Gasteiger partial charge is 0.344 e. The Morgan fingerprint density at radius 2 is 1.93 bits per heavy atom. The highest BCUT2D eigenvalue weighted by molar-refractivity contribution is 5.99. The fourth-order valence-electron chi connectivity index (χ4n) is 3.13. The summed E-state index contributed by atoms with van der Waals surface area (Å²) in [4.78, 5) is 28.0. The maximum absolute atomic E-state index is 12.8. The smallest absolute Gasteiger partial charge is 0.277 e. The van der Waals surface area contributed by atoms with Crippen molar-refractivity contribution in [3.05, 3.63) is 75.2 Å². The van der Waals surface area contributed by atoms with Crippen molar-refractivity contribution in [1.82, 2.24) is 25.1 Å². The fourth-order valence-corrected chi connectivity index (χ4v) is 3.13. The molecule has 2 N–H and O–H groups in total. The predicted molar refractivity (Wildman–Crippen MR) is 103 cm³/mol. The van der Waals surface area contributed by atoms with Gasteiger partial charge in [-0.05, 0) is 49.6 Å². The number of nitrogens with zero attached hydrogens (tertiary/aromatic N) is 3. The number of carbonyl (C=O) groups is 1. The Bertz CT molecular complexity index is 1240. The molecule has 0 saturated carbocycles. The molecule has 0 aliphatic carbocycles. The molecule has 0 spiro atoms. The molecule has 1 atom stereocenters. The van der Waals surface area contributed by atoms with Crippen LogP contribution in [-0.4, -0.2) is 25.7 Å². The Kier molecular flexibility index (Phi) is 3.99. The number of aromatic nitrogens is 4. The van der Waals surface area contributed by atoms with Crippen molar-refractivity contribution in [3.63, 3.8) is 0 Å². The molecule has 0 aliphatic rings. The van der Waals surface area contributed by atoms with Gasteiger partial charge in [-0.3, -0.25) is 9.59 Å². The molecule has 0 fully saturated rings. The number of hydrogen-bond acceptors (Lipinski definition) is 4. The quantitative estimate of drug-likeness (QED) is 0.587. The van der Waals surface area contributed by atoms with Crippen LogP contribution in [0.15, 0.2) is 47.3 Å². The number of fused-ring (bicyclic) bond motifs is 3. The molecule has 136 valence electrons. The van der Waals surface area contributed by atoms with Gasteiger partial charge >= 0.3 is 0 Å². The van der Waals surface area contributed by atoms with E-state index in [2.05, 4.69) is 20.6 Å². The van der Waals surface area contributed by atoms with Gasteiger partial charge in [-0.2, -0.15) is 0 Å². The second-order valence-corrected chi connectivity index (χ2v) is 6.71. The summed E-state index contributed by atoms with van der Waals surface area (Å²) in [6, 6.07) is 13.1. The van der Waals surface area contributed by atoms with Crippen molar-refractivity contribution in [2.24, 2.45) is 0 Å². The molecule has 0 radical (unpaired) electrons. The second kappa shape index (κ2) is 6.35. The summed E-state index contributed by atoms with van der Waals surface area (Å²) in [6.45, 7) is 5.97. The molecule has 27 heavy (non-hydrogen) atoms. The molecule has 7 heteroatoms. The van der Waals surface area contributed by atoms with Crippen molar-refractivity contribution in [2.75, 3.05) is 0 Å². The summed E-state index contributed by atoms with van der Waals surface area (Å²) in [7, 11) is 0. The lowest BCUT2D eigenvalue weighted by Crippen LogP contribution is -2.28. The van der Waals surface area contributed by atoms with E-state index in [1.54, 1.807) is 6.07 Å². The topological polar surface area (TPSA) is 92.2 Å². The molecule has 0 aliphatic heterocycles. The van der Waals surface area contributed by atoms with Crippen LogP contribution < -0.4 is 10.9 Å². The summed E-state index contributed by atoms with van der Waals surface area (Å²) < 4.78 is 1.41. The van der Waals surface area contributed by atoms with Crippen LogP contribution in [-0.2, 0) is 0 Å². The third kappa shape index (κ3) is 2.87. The monoisotopic (exact) mass is 361 g/mol. The van der Waals surface area contributed by atoms with Gasteiger partial charge in [0, 0.05) is 0 Å². The first kappa shape index (κ1) is 17.0. The van der Waals surface area contributed by atoms with Gasteiger partial charge in [-0.1, -0.05) is 35.5 Å². The molecule has 1 amide bonds. The van der Waals surface area contributed by atoms with E-state index in [4.69, 9.17) is 0 Å². The third-order valence-corrected chi connectivity index (χ3v) is 4.86. The Hall–Kier alpha value is -3.48. The van der Waals surface area contributed by atoms with Crippen LogP contribution in [0.2, 0.25) is 0 Å². The average molecular weight is 361 g/mol. The van der Waals surface area contributed by atoms with Gasteiger partial charge in [0.1, 0.15) is 0 Å². The van der Waals surface area contributed by atoms with E-state index in [1.807, 2.05) is 57.2 Å². The van der Waals surface area contributed by atoms with Gasteiger partial charge in [-0.25, -0.2) is 4.52 Å². The summed E-state index contributed by atoms with van der Waals surface area (Å²) in [6.07, 6.45) is 0. The van der Waals surface area contributed by atoms with E-state index in [1.165, 1.54) is 10.1 Å². The lowest BCUT2D eigenvalue weighted by molar-refractivity contribution is 0.0936. The summed E-state index contributed by atoms with van der Waals surface area (Å²) >= 11 is 0. The molecule has 2 heterocycles. The first-order valence-electron chi connectivity index (χ1n) is 8.70. The van der Waals surface area contributed by atoms with E-state index < -0.39 is 11.5 Å². The lowest BCUT2D eigenvalue weighted by Gasteiger charge is -2.15. The van der Waals surface area contributed by atoms with Crippen LogP contribution in [0.5, 0.6) is 0 Å². The van der Waals surface area contributed by atoms with Gasteiger partial charge in [0.25, 0.3) is 11.5 Å². The van der Waals surface area contributed by atoms with Crippen molar-refractivity contribution in [2.45, 2.75) is 26.8 Å². The fraction of sp³-hybridized carbons (Fsp3) is 0.200. The molecule has 4 aromatic rings. The second-order valence-electron chi connectivity index (χ2n) is 6.71. The number of amides is 1. The number of rotatable bonds is 3. The highest BCUT2D eigenvalue weighted by Gasteiger charge is 2.21. The molecule has 4 rings (SSSR count). The number of aromatic amines is 1. The Balaban J connectivity index is 1.71. The number of aryl methyl sites for hydroxylation is 2. The minimum Gasteiger partial charge on any atom is -0.344 e.